The van der Waals surface area contributed by atoms with Gasteiger partial charge < -0.3 is 20.3 Å². The minimum Gasteiger partial charge on any atom is -0.508 e. The normalized spacial score (nSPS) is 11.1. The van der Waals surface area contributed by atoms with Crippen LogP contribution in [-0.2, 0) is 0 Å². The molecule has 0 bridgehead atoms. The second-order valence-corrected chi connectivity index (χ2v) is 7.74. The van der Waals surface area contributed by atoms with Gasteiger partial charge in [-0.15, -0.1) is 24.8 Å². The number of halogens is 2. The summed E-state index contributed by atoms with van der Waals surface area (Å²) < 4.78 is 0. The molecule has 3 N–H and O–H groups in total. The Kier molecular flexibility index (Phi) is 8.41. The Balaban J connectivity index is 0.00000171. The zero-order valence-electron chi connectivity index (χ0n) is 18.6. The van der Waals surface area contributed by atoms with Crippen LogP contribution in [0.4, 0.5) is 5.82 Å². The fraction of sp³-hybridized carbons (Fsp3) is 0.375. The number of H-pyrrole nitrogens is 1. The van der Waals surface area contributed by atoms with Crippen LogP contribution in [0, 0.1) is 13.8 Å². The topological polar surface area (TPSA) is 64.2 Å². The first-order valence-corrected chi connectivity index (χ1v) is 10.5. The highest BCUT2D eigenvalue weighted by Gasteiger charge is 2.17. The third-order valence-electron chi connectivity index (χ3n) is 6.10. The summed E-state index contributed by atoms with van der Waals surface area (Å²) in [5.74, 6) is 1.23. The van der Waals surface area contributed by atoms with Crippen LogP contribution in [0.1, 0.15) is 31.4 Å². The van der Waals surface area contributed by atoms with E-state index in [2.05, 4.69) is 53.9 Å². The van der Waals surface area contributed by atoms with Crippen molar-refractivity contribution in [3.05, 3.63) is 41.6 Å². The van der Waals surface area contributed by atoms with Crippen LogP contribution in [0.3, 0.4) is 0 Å². The molecule has 2 aromatic heterocycles. The fourth-order valence-electron chi connectivity index (χ4n) is 4.45. The number of phenolic OH excluding ortho intramolecular Hbond substituents is 1. The number of aromatic hydroxyl groups is 1. The molecular formula is C24H32Cl2N4O. The monoisotopic (exact) mass is 462 g/mol. The Labute approximate surface area is 196 Å². The average Bonchev–Trinajstić information content (AvgIpc) is 3.11. The van der Waals surface area contributed by atoms with Crippen molar-refractivity contribution in [1.82, 2.24) is 14.9 Å². The standard InChI is InChI=1S/C24H30N4O.2ClH/c1-5-28(6-2)13-7-11-25-24-22-16(4)21-19-14-17(29)8-9-20(19)27-23(21)15(3)18(22)10-12-26-24;;/h8-10,12,14,27,29H,5-7,11,13H2,1-4H3,(H,25,26);2*1H. The van der Waals surface area contributed by atoms with E-state index in [9.17, 15) is 5.11 Å². The van der Waals surface area contributed by atoms with Gasteiger partial charge in [0.1, 0.15) is 11.6 Å². The summed E-state index contributed by atoms with van der Waals surface area (Å²) in [7, 11) is 0. The van der Waals surface area contributed by atoms with Crippen molar-refractivity contribution in [2.75, 3.05) is 31.5 Å². The van der Waals surface area contributed by atoms with E-state index in [0.717, 1.165) is 54.8 Å². The van der Waals surface area contributed by atoms with Gasteiger partial charge in [-0.2, -0.15) is 0 Å². The first-order valence-electron chi connectivity index (χ1n) is 10.5. The Morgan fingerprint density at radius 3 is 2.45 bits per heavy atom. The number of nitrogens with one attached hydrogen (secondary N) is 2. The summed E-state index contributed by atoms with van der Waals surface area (Å²) in [6.07, 6.45) is 2.97. The van der Waals surface area contributed by atoms with Crippen LogP contribution >= 0.6 is 24.8 Å². The Morgan fingerprint density at radius 2 is 1.74 bits per heavy atom. The van der Waals surface area contributed by atoms with Gasteiger partial charge in [0, 0.05) is 34.4 Å². The van der Waals surface area contributed by atoms with Crippen molar-refractivity contribution >= 4 is 63.2 Å². The van der Waals surface area contributed by atoms with Crippen LogP contribution in [0.25, 0.3) is 32.6 Å². The maximum atomic E-state index is 10.0. The lowest BCUT2D eigenvalue weighted by Crippen LogP contribution is -2.25. The molecular weight excluding hydrogens is 431 g/mol. The molecule has 2 aromatic carbocycles. The number of rotatable bonds is 7. The number of benzene rings is 2. The van der Waals surface area contributed by atoms with Gasteiger partial charge in [0.05, 0.1) is 5.52 Å². The molecule has 0 aliphatic carbocycles. The Bertz CT molecular complexity index is 1190. The summed E-state index contributed by atoms with van der Waals surface area (Å²) >= 11 is 0. The lowest BCUT2D eigenvalue weighted by atomic mass is 9.96. The molecule has 5 nitrogen and oxygen atoms in total. The molecule has 7 heteroatoms. The Hall–Kier alpha value is -2.21. The highest BCUT2D eigenvalue weighted by molar-refractivity contribution is 6.18. The molecule has 0 unspecified atom stereocenters. The summed E-state index contributed by atoms with van der Waals surface area (Å²) in [6.45, 7) is 12.9. The SMILES string of the molecule is CCN(CC)CCCNc1nccc2c(C)c3[nH]c4ccc(O)cc4c3c(C)c12.Cl.Cl. The molecule has 0 aliphatic rings. The van der Waals surface area contributed by atoms with Crippen LogP contribution < -0.4 is 5.32 Å². The zero-order chi connectivity index (χ0) is 20.5. The third-order valence-corrected chi connectivity index (χ3v) is 6.10. The van der Waals surface area contributed by atoms with Gasteiger partial charge in [-0.3, -0.25) is 0 Å². The van der Waals surface area contributed by atoms with Crippen molar-refractivity contribution in [3.8, 4) is 5.75 Å². The maximum Gasteiger partial charge on any atom is 0.134 e. The molecule has 0 spiro atoms. The number of nitrogens with zero attached hydrogens (tertiary/aromatic N) is 2. The third kappa shape index (κ3) is 4.54. The molecule has 0 aliphatic heterocycles. The van der Waals surface area contributed by atoms with Gasteiger partial charge in [0.25, 0.3) is 0 Å². The molecule has 0 amide bonds. The number of phenols is 1. The number of aromatic nitrogens is 2. The van der Waals surface area contributed by atoms with Crippen LogP contribution in [-0.4, -0.2) is 46.2 Å². The van der Waals surface area contributed by atoms with Crippen LogP contribution in [0.5, 0.6) is 5.75 Å². The fourth-order valence-corrected chi connectivity index (χ4v) is 4.45. The summed E-state index contributed by atoms with van der Waals surface area (Å²) in [4.78, 5) is 10.7. The molecule has 4 aromatic rings. The first kappa shape index (κ1) is 25.1. The van der Waals surface area contributed by atoms with Gasteiger partial charge in [0.15, 0.2) is 0 Å². The predicted octanol–water partition coefficient (Wildman–Crippen LogP) is 6.18. The molecule has 0 saturated heterocycles. The number of pyridine rings is 1. The minimum absolute atomic E-state index is 0. The number of hydrogen-bond donors (Lipinski definition) is 3. The van der Waals surface area contributed by atoms with Crippen molar-refractivity contribution in [1.29, 1.82) is 0 Å². The second kappa shape index (κ2) is 10.4. The van der Waals surface area contributed by atoms with E-state index in [0.29, 0.717) is 0 Å². The van der Waals surface area contributed by atoms with Crippen LogP contribution in [0.2, 0.25) is 0 Å². The molecule has 31 heavy (non-hydrogen) atoms. The summed E-state index contributed by atoms with van der Waals surface area (Å²) in [6, 6.07) is 7.62. The lowest BCUT2D eigenvalue weighted by molar-refractivity contribution is 0.303. The van der Waals surface area contributed by atoms with Crippen molar-refractivity contribution in [2.45, 2.75) is 34.1 Å². The average molecular weight is 463 g/mol. The van der Waals surface area contributed by atoms with E-state index in [1.165, 1.54) is 27.3 Å². The number of fused-ring (bicyclic) bond motifs is 4. The van der Waals surface area contributed by atoms with Crippen LogP contribution in [0.15, 0.2) is 30.5 Å². The number of anilines is 1. The van der Waals surface area contributed by atoms with E-state index < -0.39 is 0 Å². The lowest BCUT2D eigenvalue weighted by Gasteiger charge is -2.18. The molecule has 2 heterocycles. The quantitative estimate of drug-likeness (QED) is 0.287. The van der Waals surface area contributed by atoms with Gasteiger partial charge in [0.2, 0.25) is 0 Å². The molecule has 168 valence electrons. The highest BCUT2D eigenvalue weighted by Crippen LogP contribution is 2.39. The number of hydrogen-bond acceptors (Lipinski definition) is 4. The van der Waals surface area contributed by atoms with E-state index >= 15 is 0 Å². The molecule has 0 radical (unpaired) electrons. The van der Waals surface area contributed by atoms with Crippen molar-refractivity contribution < 1.29 is 5.11 Å². The van der Waals surface area contributed by atoms with E-state index in [1.54, 1.807) is 6.07 Å². The molecule has 0 atom stereocenters. The first-order chi connectivity index (χ1) is 14.0. The smallest absolute Gasteiger partial charge is 0.134 e. The van der Waals surface area contributed by atoms with Gasteiger partial charge in [-0.05, 0) is 80.7 Å². The maximum absolute atomic E-state index is 10.0. The van der Waals surface area contributed by atoms with E-state index in [4.69, 9.17) is 0 Å². The number of aromatic amines is 1. The summed E-state index contributed by atoms with van der Waals surface area (Å²) in [5, 5.41) is 18.2. The van der Waals surface area contributed by atoms with Gasteiger partial charge >= 0.3 is 0 Å². The highest BCUT2D eigenvalue weighted by atomic mass is 35.5. The summed E-state index contributed by atoms with van der Waals surface area (Å²) in [5.41, 5.74) is 4.58. The Morgan fingerprint density at radius 1 is 1.00 bits per heavy atom. The zero-order valence-corrected chi connectivity index (χ0v) is 20.2. The van der Waals surface area contributed by atoms with E-state index in [1.807, 2.05) is 18.3 Å². The second-order valence-electron chi connectivity index (χ2n) is 7.74. The molecule has 4 rings (SSSR count). The largest absolute Gasteiger partial charge is 0.508 e. The predicted molar refractivity (Wildman–Crippen MR) is 138 cm³/mol. The van der Waals surface area contributed by atoms with Gasteiger partial charge in [-0.25, -0.2) is 4.98 Å². The minimum atomic E-state index is 0. The molecule has 0 fully saturated rings. The van der Waals surface area contributed by atoms with E-state index in [-0.39, 0.29) is 30.6 Å². The number of aryl methyl sites for hydroxylation is 2. The molecule has 0 saturated carbocycles. The van der Waals surface area contributed by atoms with Crippen molar-refractivity contribution in [2.24, 2.45) is 0 Å². The van der Waals surface area contributed by atoms with Crippen molar-refractivity contribution in [3.63, 3.8) is 0 Å². The van der Waals surface area contributed by atoms with Gasteiger partial charge in [-0.1, -0.05) is 13.8 Å².